The van der Waals surface area contributed by atoms with E-state index in [1.165, 1.54) is 6.42 Å². The van der Waals surface area contributed by atoms with Gasteiger partial charge < -0.3 is 4.57 Å². The zero-order chi connectivity index (χ0) is 14.7. The molecular weight excluding hydrogens is 315 g/mol. The third-order valence-electron chi connectivity index (χ3n) is 4.30. The second kappa shape index (κ2) is 4.79. The molecule has 0 bridgehead atoms. The fourth-order valence-corrected chi connectivity index (χ4v) is 3.22. The maximum Gasteiger partial charge on any atom is 0.127 e. The van der Waals surface area contributed by atoms with Crippen LogP contribution in [0.4, 0.5) is 0 Å². The van der Waals surface area contributed by atoms with E-state index in [9.17, 15) is 0 Å². The van der Waals surface area contributed by atoms with Crippen molar-refractivity contribution in [1.82, 2.24) is 9.55 Å². The van der Waals surface area contributed by atoms with Gasteiger partial charge in [0.25, 0.3) is 0 Å². The van der Waals surface area contributed by atoms with Crippen LogP contribution in [0.15, 0.2) is 12.1 Å². The van der Waals surface area contributed by atoms with Gasteiger partial charge in [0.05, 0.1) is 26.5 Å². The molecule has 2 nitrogen and oxygen atoms in total. The van der Waals surface area contributed by atoms with Gasteiger partial charge in [0.1, 0.15) is 5.82 Å². The Balaban J connectivity index is 2.11. The molecular formula is C15H17Cl3N2. The summed E-state index contributed by atoms with van der Waals surface area (Å²) in [5, 5.41) is 0.954. The summed E-state index contributed by atoms with van der Waals surface area (Å²) in [6.07, 6.45) is 1.24. The fourth-order valence-electron chi connectivity index (χ4n) is 2.74. The van der Waals surface area contributed by atoms with Gasteiger partial charge in [-0.05, 0) is 36.8 Å². The Morgan fingerprint density at radius 1 is 1.35 bits per heavy atom. The van der Waals surface area contributed by atoms with Crippen LogP contribution < -0.4 is 0 Å². The van der Waals surface area contributed by atoms with Crippen molar-refractivity contribution >= 4 is 45.8 Å². The molecule has 1 saturated carbocycles. The number of nitrogens with zero attached hydrogens (tertiary/aromatic N) is 2. The van der Waals surface area contributed by atoms with Crippen molar-refractivity contribution in [1.29, 1.82) is 0 Å². The molecule has 0 spiro atoms. The molecule has 1 aromatic heterocycles. The lowest BCUT2D eigenvalue weighted by molar-refractivity contribution is 0.495. The normalized spacial score (nSPS) is 22.2. The molecule has 1 fully saturated rings. The minimum atomic E-state index is -0.137. The van der Waals surface area contributed by atoms with Crippen LogP contribution >= 0.6 is 34.8 Å². The number of benzene rings is 1. The van der Waals surface area contributed by atoms with Crippen LogP contribution in [0.3, 0.4) is 0 Å². The fraction of sp³-hybridized carbons (Fsp3) is 0.533. The van der Waals surface area contributed by atoms with Crippen molar-refractivity contribution in [3.05, 3.63) is 28.0 Å². The highest BCUT2D eigenvalue weighted by atomic mass is 35.5. The van der Waals surface area contributed by atoms with Crippen molar-refractivity contribution in [3.63, 3.8) is 0 Å². The van der Waals surface area contributed by atoms with Crippen LogP contribution in [0.2, 0.25) is 10.0 Å². The zero-order valence-electron chi connectivity index (χ0n) is 11.8. The first kappa shape index (κ1) is 14.5. The van der Waals surface area contributed by atoms with E-state index >= 15 is 0 Å². The highest BCUT2D eigenvalue weighted by Crippen LogP contribution is 2.53. The topological polar surface area (TPSA) is 17.8 Å². The smallest absolute Gasteiger partial charge is 0.127 e. The van der Waals surface area contributed by atoms with Crippen LogP contribution in [0, 0.1) is 11.3 Å². The summed E-state index contributed by atoms with van der Waals surface area (Å²) in [7, 11) is 0. The van der Waals surface area contributed by atoms with E-state index in [-0.39, 0.29) is 5.38 Å². The summed E-state index contributed by atoms with van der Waals surface area (Å²) in [5.74, 6) is 1.56. The van der Waals surface area contributed by atoms with Gasteiger partial charge >= 0.3 is 0 Å². The van der Waals surface area contributed by atoms with E-state index in [2.05, 4.69) is 23.4 Å². The van der Waals surface area contributed by atoms with Gasteiger partial charge in [-0.25, -0.2) is 4.98 Å². The second-order valence-electron chi connectivity index (χ2n) is 6.34. The molecule has 0 amide bonds. The molecule has 0 aliphatic heterocycles. The van der Waals surface area contributed by atoms with Crippen LogP contribution in [0.1, 0.15) is 38.4 Å². The van der Waals surface area contributed by atoms with E-state index in [4.69, 9.17) is 34.8 Å². The molecule has 1 aliphatic rings. The molecule has 3 rings (SSSR count). The van der Waals surface area contributed by atoms with Gasteiger partial charge in [0.15, 0.2) is 0 Å². The predicted molar refractivity (Wildman–Crippen MR) is 85.9 cm³/mol. The quantitative estimate of drug-likeness (QED) is 0.661. The molecule has 2 unspecified atom stereocenters. The molecule has 1 aromatic carbocycles. The van der Waals surface area contributed by atoms with Crippen LogP contribution in [0.25, 0.3) is 11.0 Å². The summed E-state index contributed by atoms with van der Waals surface area (Å²) in [4.78, 5) is 4.63. The molecule has 2 aromatic rings. The maximum absolute atomic E-state index is 6.28. The Bertz CT molecular complexity index is 673. The average molecular weight is 332 g/mol. The van der Waals surface area contributed by atoms with Gasteiger partial charge in [0, 0.05) is 6.54 Å². The number of halogens is 3. The summed E-state index contributed by atoms with van der Waals surface area (Å²) in [6, 6.07) is 3.71. The summed E-state index contributed by atoms with van der Waals surface area (Å²) in [5.41, 5.74) is 2.30. The molecule has 0 radical (unpaired) electrons. The second-order valence-corrected chi connectivity index (χ2v) is 7.81. The first-order valence-electron chi connectivity index (χ1n) is 6.79. The molecule has 5 heteroatoms. The van der Waals surface area contributed by atoms with Gasteiger partial charge in [-0.15, -0.1) is 11.6 Å². The first-order valence-corrected chi connectivity index (χ1v) is 7.98. The number of rotatable bonds is 3. The van der Waals surface area contributed by atoms with Gasteiger partial charge in [-0.1, -0.05) is 37.0 Å². The van der Waals surface area contributed by atoms with E-state index < -0.39 is 0 Å². The standard InChI is InChI=1S/C15H17Cl3N2/c1-8(16)14-19-12-4-10(17)11(18)5-13(12)20(14)7-9-6-15(9,2)3/h4-5,8-9H,6-7H2,1-3H3. The van der Waals surface area contributed by atoms with Crippen molar-refractivity contribution in [3.8, 4) is 0 Å². The van der Waals surface area contributed by atoms with Gasteiger partial charge in [-0.3, -0.25) is 0 Å². The van der Waals surface area contributed by atoms with Gasteiger partial charge in [-0.2, -0.15) is 0 Å². The molecule has 1 aliphatic carbocycles. The Morgan fingerprint density at radius 2 is 1.95 bits per heavy atom. The number of fused-ring (bicyclic) bond motifs is 1. The number of imidazole rings is 1. The average Bonchev–Trinajstić information content (AvgIpc) is 2.78. The van der Waals surface area contributed by atoms with Gasteiger partial charge in [0.2, 0.25) is 0 Å². The largest absolute Gasteiger partial charge is 0.326 e. The van der Waals surface area contributed by atoms with Crippen LogP contribution in [-0.4, -0.2) is 9.55 Å². The monoisotopic (exact) mass is 330 g/mol. The van der Waals surface area contributed by atoms with E-state index in [0.717, 1.165) is 23.4 Å². The number of aromatic nitrogens is 2. The van der Waals surface area contributed by atoms with Crippen molar-refractivity contribution in [2.75, 3.05) is 0 Å². The van der Waals surface area contributed by atoms with E-state index in [1.54, 1.807) is 0 Å². The summed E-state index contributed by atoms with van der Waals surface area (Å²) < 4.78 is 2.20. The Labute approximate surface area is 134 Å². The Kier molecular flexibility index (Phi) is 3.47. The summed E-state index contributed by atoms with van der Waals surface area (Å²) in [6.45, 7) is 7.48. The third-order valence-corrected chi connectivity index (χ3v) is 5.21. The van der Waals surface area contributed by atoms with Crippen LogP contribution in [-0.2, 0) is 6.54 Å². The molecule has 1 heterocycles. The number of alkyl halides is 1. The lowest BCUT2D eigenvalue weighted by atomic mass is 10.1. The molecule has 0 N–H and O–H groups in total. The predicted octanol–water partition coefficient (Wildman–Crippen LogP) is 5.69. The van der Waals surface area contributed by atoms with Crippen molar-refractivity contribution in [2.24, 2.45) is 11.3 Å². The first-order chi connectivity index (χ1) is 9.29. The number of hydrogen-bond acceptors (Lipinski definition) is 1. The zero-order valence-corrected chi connectivity index (χ0v) is 14.0. The van der Waals surface area contributed by atoms with E-state index in [1.807, 2.05) is 19.1 Å². The number of hydrogen-bond donors (Lipinski definition) is 0. The molecule has 108 valence electrons. The maximum atomic E-state index is 6.28. The van der Waals surface area contributed by atoms with Crippen molar-refractivity contribution < 1.29 is 0 Å². The lowest BCUT2D eigenvalue weighted by Crippen LogP contribution is -2.08. The highest BCUT2D eigenvalue weighted by Gasteiger charge is 2.45. The minimum absolute atomic E-state index is 0.137. The third kappa shape index (κ3) is 2.43. The van der Waals surface area contributed by atoms with Crippen molar-refractivity contribution in [2.45, 2.75) is 39.1 Å². The van der Waals surface area contributed by atoms with E-state index in [0.29, 0.717) is 21.4 Å². The molecule has 0 saturated heterocycles. The minimum Gasteiger partial charge on any atom is -0.326 e. The lowest BCUT2D eigenvalue weighted by Gasteiger charge is -2.12. The highest BCUT2D eigenvalue weighted by molar-refractivity contribution is 6.42. The SMILES string of the molecule is CC(Cl)c1nc2cc(Cl)c(Cl)cc2n1CC1CC1(C)C. The molecule has 2 atom stereocenters. The Hall–Kier alpha value is -0.440. The summed E-state index contributed by atoms with van der Waals surface area (Å²) >= 11 is 18.5. The molecule has 20 heavy (non-hydrogen) atoms. The van der Waals surface area contributed by atoms with Crippen LogP contribution in [0.5, 0.6) is 0 Å². The Morgan fingerprint density at radius 3 is 2.50 bits per heavy atom.